The molecule has 0 bridgehead atoms. The second kappa shape index (κ2) is 7.30. The summed E-state index contributed by atoms with van der Waals surface area (Å²) in [7, 11) is 0. The van der Waals surface area contributed by atoms with Gasteiger partial charge in [0.25, 0.3) is 0 Å². The minimum absolute atomic E-state index is 0.881. The van der Waals surface area contributed by atoms with E-state index in [0.717, 1.165) is 51.0 Å². The van der Waals surface area contributed by atoms with E-state index in [2.05, 4.69) is 56.9 Å². The summed E-state index contributed by atoms with van der Waals surface area (Å²) in [6.07, 6.45) is 5.80. The van der Waals surface area contributed by atoms with E-state index in [9.17, 15) is 0 Å². The Kier molecular flexibility index (Phi) is 4.72. The Bertz CT molecular complexity index is 703. The Morgan fingerprint density at radius 2 is 1.56 bits per heavy atom. The van der Waals surface area contributed by atoms with Crippen molar-refractivity contribution in [2.75, 3.05) is 54.0 Å². The molecular formula is C20H27N5. The fraction of sp³-hybridized carbons (Fsp3) is 0.500. The van der Waals surface area contributed by atoms with Crippen molar-refractivity contribution in [2.24, 2.45) is 0 Å². The van der Waals surface area contributed by atoms with Crippen LogP contribution in [0.25, 0.3) is 0 Å². The first-order valence-corrected chi connectivity index (χ1v) is 9.44. The number of hydrogen-bond acceptors (Lipinski definition) is 5. The molecule has 2 aliphatic heterocycles. The highest BCUT2D eigenvalue weighted by molar-refractivity contribution is 5.51. The van der Waals surface area contributed by atoms with Gasteiger partial charge < -0.3 is 14.7 Å². The van der Waals surface area contributed by atoms with Gasteiger partial charge in [0.15, 0.2) is 0 Å². The summed E-state index contributed by atoms with van der Waals surface area (Å²) in [6.45, 7) is 8.37. The molecule has 0 saturated carbocycles. The van der Waals surface area contributed by atoms with Gasteiger partial charge in [0, 0.05) is 51.2 Å². The summed E-state index contributed by atoms with van der Waals surface area (Å²) in [5, 5.41) is 0. The summed E-state index contributed by atoms with van der Waals surface area (Å²) in [4.78, 5) is 16.6. The molecule has 0 spiro atoms. The molecule has 1 aromatic heterocycles. The van der Waals surface area contributed by atoms with Gasteiger partial charge in [0.2, 0.25) is 5.95 Å². The standard InChI is InChI=1S/C20H27N5/c1-17-6-5-7-18(16-17)23-12-14-25(15-13-23)20-21-9-8-19(22-20)24-10-3-2-4-11-24/h5-9,16H,2-4,10-15H2,1H3. The summed E-state index contributed by atoms with van der Waals surface area (Å²) < 4.78 is 0. The Morgan fingerprint density at radius 1 is 0.800 bits per heavy atom. The second-order valence-corrected chi connectivity index (χ2v) is 7.08. The molecule has 25 heavy (non-hydrogen) atoms. The quantitative estimate of drug-likeness (QED) is 0.860. The van der Waals surface area contributed by atoms with Gasteiger partial charge in [-0.25, -0.2) is 4.98 Å². The van der Waals surface area contributed by atoms with Crippen molar-refractivity contribution in [2.45, 2.75) is 26.2 Å². The third-order valence-corrected chi connectivity index (χ3v) is 5.24. The zero-order valence-electron chi connectivity index (χ0n) is 15.1. The fourth-order valence-corrected chi connectivity index (χ4v) is 3.78. The lowest BCUT2D eigenvalue weighted by atomic mass is 10.1. The number of aromatic nitrogens is 2. The number of rotatable bonds is 3. The monoisotopic (exact) mass is 337 g/mol. The molecule has 0 radical (unpaired) electrons. The van der Waals surface area contributed by atoms with Crippen molar-refractivity contribution >= 4 is 17.5 Å². The van der Waals surface area contributed by atoms with Crippen molar-refractivity contribution < 1.29 is 0 Å². The van der Waals surface area contributed by atoms with E-state index in [1.54, 1.807) is 0 Å². The Balaban J connectivity index is 1.42. The molecule has 5 nitrogen and oxygen atoms in total. The van der Waals surface area contributed by atoms with Gasteiger partial charge in [0.1, 0.15) is 5.82 Å². The van der Waals surface area contributed by atoms with E-state index in [1.165, 1.54) is 30.5 Å². The normalized spacial score (nSPS) is 18.5. The summed E-state index contributed by atoms with van der Waals surface area (Å²) in [5.41, 5.74) is 2.64. The average molecular weight is 337 g/mol. The molecule has 1 aromatic carbocycles. The van der Waals surface area contributed by atoms with Crippen LogP contribution in [0.5, 0.6) is 0 Å². The van der Waals surface area contributed by atoms with Gasteiger partial charge in [0.05, 0.1) is 0 Å². The smallest absolute Gasteiger partial charge is 0.227 e. The highest BCUT2D eigenvalue weighted by atomic mass is 15.3. The predicted octanol–water partition coefficient (Wildman–Crippen LogP) is 3.10. The third-order valence-electron chi connectivity index (χ3n) is 5.24. The number of nitrogens with zero attached hydrogens (tertiary/aromatic N) is 5. The predicted molar refractivity (Wildman–Crippen MR) is 104 cm³/mol. The summed E-state index contributed by atoms with van der Waals surface area (Å²) in [6, 6.07) is 10.8. The molecule has 0 aliphatic carbocycles. The number of benzene rings is 1. The van der Waals surface area contributed by atoms with Crippen molar-refractivity contribution in [3.63, 3.8) is 0 Å². The Hall–Kier alpha value is -2.30. The highest BCUT2D eigenvalue weighted by Gasteiger charge is 2.20. The maximum atomic E-state index is 4.85. The van der Waals surface area contributed by atoms with Crippen LogP contribution < -0.4 is 14.7 Å². The number of aryl methyl sites for hydroxylation is 1. The van der Waals surface area contributed by atoms with E-state index in [0.29, 0.717) is 0 Å². The topological polar surface area (TPSA) is 35.5 Å². The summed E-state index contributed by atoms with van der Waals surface area (Å²) >= 11 is 0. The minimum atomic E-state index is 0.881. The van der Waals surface area contributed by atoms with Crippen molar-refractivity contribution in [1.82, 2.24) is 9.97 Å². The molecule has 0 amide bonds. The molecule has 0 N–H and O–H groups in total. The molecule has 3 heterocycles. The van der Waals surface area contributed by atoms with Crippen LogP contribution in [0.1, 0.15) is 24.8 Å². The van der Waals surface area contributed by atoms with Crippen LogP contribution in [0.4, 0.5) is 17.5 Å². The number of anilines is 3. The van der Waals surface area contributed by atoms with Gasteiger partial charge in [-0.2, -0.15) is 4.98 Å². The van der Waals surface area contributed by atoms with E-state index in [-0.39, 0.29) is 0 Å². The molecule has 5 heteroatoms. The summed E-state index contributed by atoms with van der Waals surface area (Å²) in [5.74, 6) is 1.97. The highest BCUT2D eigenvalue weighted by Crippen LogP contribution is 2.22. The van der Waals surface area contributed by atoms with Crippen LogP contribution in [0.3, 0.4) is 0 Å². The van der Waals surface area contributed by atoms with Gasteiger partial charge in [-0.15, -0.1) is 0 Å². The second-order valence-electron chi connectivity index (χ2n) is 7.08. The first-order valence-electron chi connectivity index (χ1n) is 9.44. The van der Waals surface area contributed by atoms with E-state index < -0.39 is 0 Å². The molecular weight excluding hydrogens is 310 g/mol. The van der Waals surface area contributed by atoms with Crippen LogP contribution in [-0.4, -0.2) is 49.2 Å². The first-order chi connectivity index (χ1) is 12.3. The van der Waals surface area contributed by atoms with Gasteiger partial charge >= 0.3 is 0 Å². The maximum Gasteiger partial charge on any atom is 0.227 e. The zero-order chi connectivity index (χ0) is 17.1. The number of piperidine rings is 1. The van der Waals surface area contributed by atoms with E-state index >= 15 is 0 Å². The molecule has 4 rings (SSSR count). The Labute approximate surface area is 150 Å². The van der Waals surface area contributed by atoms with Crippen molar-refractivity contribution in [3.05, 3.63) is 42.1 Å². The van der Waals surface area contributed by atoms with E-state index in [4.69, 9.17) is 4.98 Å². The van der Waals surface area contributed by atoms with Crippen LogP contribution >= 0.6 is 0 Å². The molecule has 2 aliphatic rings. The molecule has 2 aromatic rings. The molecule has 2 saturated heterocycles. The van der Waals surface area contributed by atoms with Gasteiger partial charge in [-0.1, -0.05) is 12.1 Å². The third kappa shape index (κ3) is 3.70. The number of piperazine rings is 1. The number of hydrogen-bond donors (Lipinski definition) is 0. The van der Waals surface area contributed by atoms with Crippen LogP contribution in [0.15, 0.2) is 36.5 Å². The molecule has 0 unspecified atom stereocenters. The molecule has 2 fully saturated rings. The van der Waals surface area contributed by atoms with Crippen LogP contribution in [0.2, 0.25) is 0 Å². The fourth-order valence-electron chi connectivity index (χ4n) is 3.78. The largest absolute Gasteiger partial charge is 0.368 e. The lowest BCUT2D eigenvalue weighted by Crippen LogP contribution is -2.47. The van der Waals surface area contributed by atoms with Crippen molar-refractivity contribution in [1.29, 1.82) is 0 Å². The SMILES string of the molecule is Cc1cccc(N2CCN(c3nccc(N4CCCCC4)n3)CC2)c1. The first kappa shape index (κ1) is 16.2. The lowest BCUT2D eigenvalue weighted by molar-refractivity contribution is 0.571. The average Bonchev–Trinajstić information content (AvgIpc) is 2.69. The van der Waals surface area contributed by atoms with Gasteiger partial charge in [-0.05, 0) is 49.9 Å². The van der Waals surface area contributed by atoms with Crippen LogP contribution in [-0.2, 0) is 0 Å². The molecule has 0 atom stereocenters. The zero-order valence-corrected chi connectivity index (χ0v) is 15.1. The van der Waals surface area contributed by atoms with Crippen molar-refractivity contribution in [3.8, 4) is 0 Å². The molecule has 132 valence electrons. The van der Waals surface area contributed by atoms with Crippen LogP contribution in [0, 0.1) is 6.92 Å². The van der Waals surface area contributed by atoms with E-state index in [1.807, 2.05) is 6.20 Å². The Morgan fingerprint density at radius 3 is 2.32 bits per heavy atom. The minimum Gasteiger partial charge on any atom is -0.368 e. The maximum absolute atomic E-state index is 4.85. The lowest BCUT2D eigenvalue weighted by Gasteiger charge is -2.36. The van der Waals surface area contributed by atoms with Gasteiger partial charge in [-0.3, -0.25) is 0 Å².